The molecule has 2 aliphatic heterocycles. The second-order valence-corrected chi connectivity index (χ2v) is 5.43. The molecule has 1 aromatic rings. The van der Waals surface area contributed by atoms with Crippen molar-refractivity contribution in [3.63, 3.8) is 0 Å². The molecule has 0 saturated carbocycles. The number of ether oxygens (including phenoxy) is 1. The lowest BCUT2D eigenvalue weighted by molar-refractivity contribution is -0.128. The van der Waals surface area contributed by atoms with E-state index in [1.807, 2.05) is 18.2 Å². The van der Waals surface area contributed by atoms with E-state index in [1.54, 1.807) is 6.07 Å². The Morgan fingerprint density at radius 2 is 2.15 bits per heavy atom. The third-order valence-electron chi connectivity index (χ3n) is 4.10. The van der Waals surface area contributed by atoms with Gasteiger partial charge in [0.1, 0.15) is 0 Å². The summed E-state index contributed by atoms with van der Waals surface area (Å²) in [6.07, 6.45) is 1.17. The maximum atomic E-state index is 12.4. The molecule has 5 heteroatoms. The number of benzene rings is 1. The lowest BCUT2D eigenvalue weighted by Crippen LogP contribution is -2.50. The zero-order valence-corrected chi connectivity index (χ0v) is 11.2. The maximum absolute atomic E-state index is 12.4. The van der Waals surface area contributed by atoms with Gasteiger partial charge in [0.25, 0.3) is 5.91 Å². The molecule has 2 atom stereocenters. The van der Waals surface area contributed by atoms with E-state index >= 15 is 0 Å². The maximum Gasteiger partial charge on any atom is 0.260 e. The number of hydrogen-bond acceptors (Lipinski definition) is 4. The number of nitrogens with two attached hydrogens (primary N) is 1. The monoisotopic (exact) mass is 274 g/mol. The Kier molecular flexibility index (Phi) is 3.54. The molecule has 2 unspecified atom stereocenters. The molecule has 0 radical (unpaired) electrons. The van der Waals surface area contributed by atoms with E-state index in [9.17, 15) is 9.59 Å². The van der Waals surface area contributed by atoms with Gasteiger partial charge < -0.3 is 10.5 Å². The molecule has 106 valence electrons. The van der Waals surface area contributed by atoms with Crippen LogP contribution in [0.3, 0.4) is 0 Å². The van der Waals surface area contributed by atoms with Gasteiger partial charge in [0.15, 0.2) is 0 Å². The van der Waals surface area contributed by atoms with Crippen LogP contribution < -0.4 is 5.73 Å². The summed E-state index contributed by atoms with van der Waals surface area (Å²) in [6.45, 7) is 1.61. The summed E-state index contributed by atoms with van der Waals surface area (Å²) in [7, 11) is 0. The molecule has 5 nitrogen and oxygen atoms in total. The van der Waals surface area contributed by atoms with Crippen LogP contribution in [0.2, 0.25) is 0 Å². The van der Waals surface area contributed by atoms with Gasteiger partial charge in [-0.1, -0.05) is 18.2 Å². The van der Waals surface area contributed by atoms with Crippen LogP contribution in [0.5, 0.6) is 0 Å². The third kappa shape index (κ3) is 2.34. The predicted octanol–water partition coefficient (Wildman–Crippen LogP) is 0.575. The Bertz CT molecular complexity index is 538. The fraction of sp³-hybridized carbons (Fsp3) is 0.467. The smallest absolute Gasteiger partial charge is 0.260 e. The first-order valence-corrected chi connectivity index (χ1v) is 6.92. The number of nitrogens with zero attached hydrogens (tertiary/aromatic N) is 1. The van der Waals surface area contributed by atoms with Crippen LogP contribution in [0.15, 0.2) is 24.3 Å². The molecule has 1 saturated heterocycles. The van der Waals surface area contributed by atoms with Gasteiger partial charge in [-0.25, -0.2) is 0 Å². The van der Waals surface area contributed by atoms with Crippen LogP contribution in [-0.2, 0) is 16.0 Å². The van der Waals surface area contributed by atoms with Crippen LogP contribution in [0.1, 0.15) is 22.3 Å². The third-order valence-corrected chi connectivity index (χ3v) is 4.10. The molecule has 2 amide bonds. The van der Waals surface area contributed by atoms with Crippen molar-refractivity contribution in [3.8, 4) is 0 Å². The van der Waals surface area contributed by atoms with Crippen LogP contribution in [-0.4, -0.2) is 42.5 Å². The largest absolute Gasteiger partial charge is 0.381 e. The number of imide groups is 1. The van der Waals surface area contributed by atoms with Crippen molar-refractivity contribution in [2.75, 3.05) is 19.8 Å². The number of carbonyl (C=O) groups excluding carboxylic acids is 2. The SMILES string of the molecule is NC(CN1C(=O)Cc2ccccc2C1=O)C1CCOC1. The van der Waals surface area contributed by atoms with Gasteiger partial charge in [-0.15, -0.1) is 0 Å². The first-order chi connectivity index (χ1) is 9.66. The fourth-order valence-electron chi connectivity index (χ4n) is 2.84. The second-order valence-electron chi connectivity index (χ2n) is 5.43. The molecule has 1 aromatic carbocycles. The second kappa shape index (κ2) is 5.34. The highest BCUT2D eigenvalue weighted by molar-refractivity contribution is 6.09. The molecule has 3 rings (SSSR count). The van der Waals surface area contributed by atoms with Gasteiger partial charge in [0.05, 0.1) is 13.0 Å². The molecule has 2 heterocycles. The molecule has 20 heavy (non-hydrogen) atoms. The van der Waals surface area contributed by atoms with Gasteiger partial charge in [0.2, 0.25) is 5.91 Å². The van der Waals surface area contributed by atoms with E-state index in [-0.39, 0.29) is 36.7 Å². The van der Waals surface area contributed by atoms with Crippen molar-refractivity contribution >= 4 is 11.8 Å². The Balaban J connectivity index is 1.77. The molecule has 0 aliphatic carbocycles. The van der Waals surface area contributed by atoms with Gasteiger partial charge in [-0.2, -0.15) is 0 Å². The summed E-state index contributed by atoms with van der Waals surface area (Å²) in [5.41, 5.74) is 7.54. The van der Waals surface area contributed by atoms with Gasteiger partial charge in [-0.3, -0.25) is 14.5 Å². The van der Waals surface area contributed by atoms with Gasteiger partial charge >= 0.3 is 0 Å². The summed E-state index contributed by atoms with van der Waals surface area (Å²) in [5, 5.41) is 0. The summed E-state index contributed by atoms with van der Waals surface area (Å²) in [5.74, 6) is -0.165. The van der Waals surface area contributed by atoms with Crippen molar-refractivity contribution in [2.24, 2.45) is 11.7 Å². The zero-order valence-electron chi connectivity index (χ0n) is 11.2. The summed E-state index contributed by atoms with van der Waals surface area (Å²) >= 11 is 0. The van der Waals surface area contributed by atoms with Crippen LogP contribution in [0, 0.1) is 5.92 Å². The topological polar surface area (TPSA) is 72.6 Å². The van der Waals surface area contributed by atoms with E-state index in [0.29, 0.717) is 18.8 Å². The molecule has 2 N–H and O–H groups in total. The van der Waals surface area contributed by atoms with Crippen LogP contribution in [0.4, 0.5) is 0 Å². The van der Waals surface area contributed by atoms with E-state index in [4.69, 9.17) is 10.5 Å². The molecule has 1 fully saturated rings. The first kappa shape index (κ1) is 13.3. The standard InChI is InChI=1S/C15H18N2O3/c16-13(11-5-6-20-9-11)8-17-14(18)7-10-3-1-2-4-12(10)15(17)19/h1-4,11,13H,5-9,16H2. The van der Waals surface area contributed by atoms with Crippen molar-refractivity contribution in [1.82, 2.24) is 4.90 Å². The van der Waals surface area contributed by atoms with E-state index in [0.717, 1.165) is 12.0 Å². The van der Waals surface area contributed by atoms with Crippen molar-refractivity contribution in [1.29, 1.82) is 0 Å². The number of fused-ring (bicyclic) bond motifs is 1. The molecule has 0 spiro atoms. The minimum Gasteiger partial charge on any atom is -0.381 e. The van der Waals surface area contributed by atoms with E-state index < -0.39 is 0 Å². The Hall–Kier alpha value is -1.72. The Labute approximate surface area is 117 Å². The quantitative estimate of drug-likeness (QED) is 0.818. The van der Waals surface area contributed by atoms with Crippen molar-refractivity contribution in [2.45, 2.75) is 18.9 Å². The predicted molar refractivity (Wildman–Crippen MR) is 73.1 cm³/mol. The number of amides is 2. The molecule has 2 aliphatic rings. The Morgan fingerprint density at radius 1 is 1.35 bits per heavy atom. The zero-order chi connectivity index (χ0) is 14.1. The van der Waals surface area contributed by atoms with Crippen LogP contribution in [0.25, 0.3) is 0 Å². The minimum atomic E-state index is -0.230. The first-order valence-electron chi connectivity index (χ1n) is 6.92. The number of carbonyl (C=O) groups is 2. The number of rotatable bonds is 3. The highest BCUT2D eigenvalue weighted by atomic mass is 16.5. The average molecular weight is 274 g/mol. The lowest BCUT2D eigenvalue weighted by atomic mass is 9.95. The molecular weight excluding hydrogens is 256 g/mol. The average Bonchev–Trinajstić information content (AvgIpc) is 2.97. The van der Waals surface area contributed by atoms with E-state index in [2.05, 4.69) is 0 Å². The number of hydrogen-bond donors (Lipinski definition) is 1. The highest BCUT2D eigenvalue weighted by Gasteiger charge is 2.33. The van der Waals surface area contributed by atoms with Crippen molar-refractivity contribution < 1.29 is 14.3 Å². The fourth-order valence-corrected chi connectivity index (χ4v) is 2.84. The molecule has 0 aromatic heterocycles. The summed E-state index contributed by atoms with van der Waals surface area (Å²) < 4.78 is 5.31. The highest BCUT2D eigenvalue weighted by Crippen LogP contribution is 2.22. The van der Waals surface area contributed by atoms with Crippen molar-refractivity contribution in [3.05, 3.63) is 35.4 Å². The minimum absolute atomic E-state index is 0.164. The molecule has 0 bridgehead atoms. The normalized spacial score (nSPS) is 23.9. The summed E-state index contributed by atoms with van der Waals surface area (Å²) in [4.78, 5) is 25.8. The Morgan fingerprint density at radius 3 is 2.90 bits per heavy atom. The van der Waals surface area contributed by atoms with Crippen LogP contribution >= 0.6 is 0 Å². The summed E-state index contributed by atoms with van der Waals surface area (Å²) in [6, 6.07) is 7.04. The lowest BCUT2D eigenvalue weighted by Gasteiger charge is -2.30. The van der Waals surface area contributed by atoms with Gasteiger partial charge in [-0.05, 0) is 18.1 Å². The molecular formula is C15H18N2O3. The van der Waals surface area contributed by atoms with Gasteiger partial charge in [0, 0.05) is 30.7 Å². The van der Waals surface area contributed by atoms with E-state index in [1.165, 1.54) is 4.90 Å².